The largest absolute Gasteiger partial charge is 0.481 e. The number of hydrogen-bond donors (Lipinski definition) is 12. The van der Waals surface area contributed by atoms with Gasteiger partial charge in [-0.1, -0.05) is 60.1 Å². The molecule has 0 aromatic carbocycles. The molecule has 14 unspecified atom stereocenters. The average Bonchev–Trinajstić information content (AvgIpc) is 3.33. The lowest BCUT2D eigenvalue weighted by molar-refractivity contribution is -0.287. The summed E-state index contributed by atoms with van der Waals surface area (Å²) in [6.07, 6.45) is -12.1. The molecule has 0 bridgehead atoms. The van der Waals surface area contributed by atoms with Crippen LogP contribution in [-0.4, -0.2) is 185 Å². The fraction of sp³-hybridized carbons (Fsp3) is 0.926. The van der Waals surface area contributed by atoms with E-state index in [4.69, 9.17) is 18.9 Å². The van der Waals surface area contributed by atoms with E-state index in [1.54, 1.807) is 0 Å². The van der Waals surface area contributed by atoms with Crippen LogP contribution in [0.25, 0.3) is 0 Å². The van der Waals surface area contributed by atoms with E-state index in [2.05, 4.69) is 47.6 Å². The standard InChI is InChI=1S/C54H88O18/c1-25-47(69-26(2)59)54(24-58)16-15-52(7)30(31(54)20-49(25,3)4)9-10-36-50(5)13-12-37(51(6,23-57)35(50)11-14-53(36,52)8)70-34-19-29(48(67)68)45(71-32-17-27(21-55)38(60)42(64)40(32)62)44(66)46(34)72-33-18-28(22-56)39(61)43(65)41(33)63/h9,25,27-29,31-47,55-58,60-66H,10-24H2,1-8H3,(H,67,68)/t25?,27?,28?,29?,31?,32-,33-,34-,35?,36?,37?,38-,39-,40?,41?,42-,43-,44-,45-,46?,47+,50?,51-,52-,53?,54?/m1/s1. The maximum absolute atomic E-state index is 13.3. The Morgan fingerprint density at radius 2 is 1.24 bits per heavy atom. The Kier molecular flexibility index (Phi) is 15.8. The van der Waals surface area contributed by atoms with Crippen LogP contribution in [0.2, 0.25) is 0 Å². The number of aliphatic hydroxyl groups is 11. The number of hydrogen-bond acceptors (Lipinski definition) is 17. The highest BCUT2D eigenvalue weighted by molar-refractivity contribution is 5.71. The third-order valence-electron chi connectivity index (χ3n) is 22.2. The van der Waals surface area contributed by atoms with Gasteiger partial charge in [0, 0.05) is 42.8 Å². The van der Waals surface area contributed by atoms with E-state index in [1.165, 1.54) is 12.5 Å². The molecule has 12 N–H and O–H groups in total. The molecule has 8 aliphatic rings. The van der Waals surface area contributed by atoms with Crippen molar-refractivity contribution < 1.29 is 89.8 Å². The monoisotopic (exact) mass is 1020 g/mol. The number of rotatable bonds is 12. The lowest BCUT2D eigenvalue weighted by atomic mass is 9.33. The second-order valence-corrected chi connectivity index (χ2v) is 25.9. The second kappa shape index (κ2) is 20.2. The summed E-state index contributed by atoms with van der Waals surface area (Å²) in [5.41, 5.74) is -1.04. The van der Waals surface area contributed by atoms with Gasteiger partial charge in [-0.2, -0.15) is 0 Å². The van der Waals surface area contributed by atoms with Gasteiger partial charge in [-0.25, -0.2) is 0 Å². The maximum Gasteiger partial charge on any atom is 0.309 e. The predicted molar refractivity (Wildman–Crippen MR) is 257 cm³/mol. The highest BCUT2D eigenvalue weighted by Gasteiger charge is 2.71. The van der Waals surface area contributed by atoms with Crippen molar-refractivity contribution in [1.29, 1.82) is 0 Å². The van der Waals surface area contributed by atoms with Gasteiger partial charge in [-0.05, 0) is 116 Å². The highest BCUT2D eigenvalue weighted by Crippen LogP contribution is 2.76. The zero-order chi connectivity index (χ0) is 53.0. The van der Waals surface area contributed by atoms with Gasteiger partial charge >= 0.3 is 11.9 Å². The zero-order valence-electron chi connectivity index (χ0n) is 43.6. The maximum atomic E-state index is 13.3. The van der Waals surface area contributed by atoms with Crippen molar-refractivity contribution in [3.63, 3.8) is 0 Å². The average molecular weight is 1030 g/mol. The van der Waals surface area contributed by atoms with Crippen molar-refractivity contribution in [3.05, 3.63) is 11.6 Å². The molecule has 0 aliphatic heterocycles. The van der Waals surface area contributed by atoms with E-state index in [-0.39, 0.29) is 83.8 Å². The Balaban J connectivity index is 1.10. The van der Waals surface area contributed by atoms with Crippen molar-refractivity contribution in [1.82, 2.24) is 0 Å². The number of fused-ring (bicyclic) bond motifs is 7. The Hall–Kier alpha value is -1.88. The zero-order valence-corrected chi connectivity index (χ0v) is 43.6. The molecule has 0 amide bonds. The predicted octanol–water partition coefficient (Wildman–Crippen LogP) is 1.46. The molecule has 7 fully saturated rings. The van der Waals surface area contributed by atoms with E-state index in [9.17, 15) is 70.9 Å². The van der Waals surface area contributed by atoms with Gasteiger partial charge in [0.2, 0.25) is 0 Å². The Bertz CT molecular complexity index is 2000. The summed E-state index contributed by atoms with van der Waals surface area (Å²) in [4.78, 5) is 25.9. The molecule has 0 saturated heterocycles. The molecule has 8 rings (SSSR count). The van der Waals surface area contributed by atoms with Gasteiger partial charge in [0.05, 0.1) is 61.9 Å². The number of esters is 1. The van der Waals surface area contributed by atoms with E-state index >= 15 is 0 Å². The lowest BCUT2D eigenvalue weighted by Crippen LogP contribution is -2.68. The Morgan fingerprint density at radius 1 is 0.653 bits per heavy atom. The number of carbonyl (C=O) groups is 2. The van der Waals surface area contributed by atoms with Crippen LogP contribution in [0.1, 0.15) is 126 Å². The summed E-state index contributed by atoms with van der Waals surface area (Å²) < 4.78 is 26.0. The molecule has 26 atom stereocenters. The number of allylic oxidation sites excluding steroid dienone is 2. The molecule has 7 saturated carbocycles. The number of carboxylic acid groups (broad SMARTS) is 1. The van der Waals surface area contributed by atoms with Crippen LogP contribution in [0, 0.1) is 73.9 Å². The first-order chi connectivity index (χ1) is 33.7. The summed E-state index contributed by atoms with van der Waals surface area (Å²) >= 11 is 0. The fourth-order valence-electron chi connectivity index (χ4n) is 17.3. The van der Waals surface area contributed by atoms with E-state index in [0.29, 0.717) is 19.3 Å². The summed E-state index contributed by atoms with van der Waals surface area (Å²) in [7, 11) is 0. The molecule has 0 heterocycles. The van der Waals surface area contributed by atoms with Crippen molar-refractivity contribution in [3.8, 4) is 0 Å². The second-order valence-electron chi connectivity index (χ2n) is 25.9. The lowest BCUT2D eigenvalue weighted by Gasteiger charge is -2.72. The third kappa shape index (κ3) is 8.67. The van der Waals surface area contributed by atoms with Crippen LogP contribution in [-0.2, 0) is 28.5 Å². The molecule has 0 spiro atoms. The number of carboxylic acids is 1. The summed E-state index contributed by atoms with van der Waals surface area (Å²) in [6, 6.07) is 0. The summed E-state index contributed by atoms with van der Waals surface area (Å²) in [6.45, 7) is 15.8. The first-order valence-corrected chi connectivity index (χ1v) is 26.9. The van der Waals surface area contributed by atoms with Gasteiger partial charge in [-0.3, -0.25) is 9.59 Å². The molecule has 8 aliphatic carbocycles. The molecular weight excluding hydrogens is 937 g/mol. The van der Waals surface area contributed by atoms with Crippen molar-refractivity contribution >= 4 is 11.9 Å². The molecule has 412 valence electrons. The van der Waals surface area contributed by atoms with Crippen LogP contribution >= 0.6 is 0 Å². The van der Waals surface area contributed by atoms with Gasteiger partial charge in [0.1, 0.15) is 42.7 Å². The van der Waals surface area contributed by atoms with Crippen molar-refractivity contribution in [2.45, 2.75) is 211 Å². The molecule has 18 heteroatoms. The van der Waals surface area contributed by atoms with Crippen LogP contribution in [0.4, 0.5) is 0 Å². The molecule has 0 radical (unpaired) electrons. The topological polar surface area (TPSA) is 314 Å². The van der Waals surface area contributed by atoms with Crippen LogP contribution < -0.4 is 0 Å². The fourth-order valence-corrected chi connectivity index (χ4v) is 17.3. The number of aliphatic hydroxyl groups excluding tert-OH is 11. The molecule has 72 heavy (non-hydrogen) atoms. The van der Waals surface area contributed by atoms with E-state index < -0.39 is 133 Å². The van der Waals surface area contributed by atoms with Crippen LogP contribution in [0.3, 0.4) is 0 Å². The number of ether oxygens (including phenoxy) is 4. The minimum absolute atomic E-state index is 0.00911. The summed E-state index contributed by atoms with van der Waals surface area (Å²) in [5, 5.41) is 131. The third-order valence-corrected chi connectivity index (χ3v) is 22.2. The van der Waals surface area contributed by atoms with Crippen LogP contribution in [0.5, 0.6) is 0 Å². The van der Waals surface area contributed by atoms with E-state index in [0.717, 1.165) is 32.1 Å². The molecular formula is C54H88O18. The molecule has 0 aromatic rings. The first kappa shape index (κ1) is 56.3. The SMILES string of the molecule is CC(=O)O[C@H]1C(C)C(C)(C)CC2C3=CCC4C5(C)CCC(O[C@@H]6CC(C(=O)O)[C@@H](O[C@@H]7CC(CO)[C@@H](O)[C@@H](O)C7O)[C@@H](O)C6O[C@@H]6CC(CO)[C@@H](O)[C@@H](O)C6O)[C@](C)(CO)C5CCC4(C)[C@]3(C)CCC21CO. The first-order valence-electron chi connectivity index (χ1n) is 26.9. The normalized spacial score (nSPS) is 53.2. The van der Waals surface area contributed by atoms with Crippen LogP contribution in [0.15, 0.2) is 11.6 Å². The Morgan fingerprint density at radius 3 is 1.76 bits per heavy atom. The van der Waals surface area contributed by atoms with Crippen molar-refractivity contribution in [2.24, 2.45) is 73.9 Å². The van der Waals surface area contributed by atoms with Gasteiger partial charge in [0.25, 0.3) is 0 Å². The number of aliphatic carboxylic acids is 1. The van der Waals surface area contributed by atoms with Crippen molar-refractivity contribution in [2.75, 3.05) is 26.4 Å². The smallest absolute Gasteiger partial charge is 0.309 e. The van der Waals surface area contributed by atoms with Gasteiger partial charge < -0.3 is 80.2 Å². The van der Waals surface area contributed by atoms with E-state index in [1.807, 2.05) is 6.92 Å². The minimum Gasteiger partial charge on any atom is -0.481 e. The quantitative estimate of drug-likeness (QED) is 0.0973. The number of carbonyl (C=O) groups excluding carboxylic acids is 1. The summed E-state index contributed by atoms with van der Waals surface area (Å²) in [5.74, 6) is -4.91. The minimum atomic E-state index is -1.84. The highest BCUT2D eigenvalue weighted by atomic mass is 16.6. The van der Waals surface area contributed by atoms with Gasteiger partial charge in [-0.15, -0.1) is 0 Å². The molecule has 18 nitrogen and oxygen atoms in total. The Labute approximate surface area is 424 Å². The molecule has 0 aromatic heterocycles. The van der Waals surface area contributed by atoms with Gasteiger partial charge in [0.15, 0.2) is 0 Å².